The van der Waals surface area contributed by atoms with Crippen LogP contribution in [0, 0.1) is 5.92 Å². The number of carbonyl (C=O) groups is 1. The SMILES string of the molecule is CC(Cc1ccccc1)[C@@]1(O)CCN(C(=O)O)[C@H]1C. The summed E-state index contributed by atoms with van der Waals surface area (Å²) in [7, 11) is 0. The summed E-state index contributed by atoms with van der Waals surface area (Å²) in [6.07, 6.45) is 0.319. The van der Waals surface area contributed by atoms with Gasteiger partial charge in [-0.15, -0.1) is 0 Å². The molecule has 1 aromatic rings. The third-order valence-corrected chi connectivity index (χ3v) is 4.43. The summed E-state index contributed by atoms with van der Waals surface area (Å²) in [5, 5.41) is 19.9. The van der Waals surface area contributed by atoms with Crippen molar-refractivity contribution >= 4 is 6.09 Å². The van der Waals surface area contributed by atoms with Crippen molar-refractivity contribution in [1.29, 1.82) is 0 Å². The zero-order chi connectivity index (χ0) is 14.0. The standard InChI is InChI=1S/C15H21NO3/c1-11(10-13-6-4-3-5-7-13)15(19)8-9-16(12(15)2)14(17)18/h3-7,11-12,19H,8-10H2,1-2H3,(H,17,18)/t11?,12-,15-/m0/s1. The summed E-state index contributed by atoms with van der Waals surface area (Å²) in [6, 6.07) is 9.64. The van der Waals surface area contributed by atoms with Gasteiger partial charge in [0.15, 0.2) is 0 Å². The number of aliphatic hydroxyl groups is 1. The largest absolute Gasteiger partial charge is 0.465 e. The fourth-order valence-corrected chi connectivity index (χ4v) is 3.04. The van der Waals surface area contributed by atoms with Crippen LogP contribution < -0.4 is 0 Å². The van der Waals surface area contributed by atoms with Crippen LogP contribution in [0.2, 0.25) is 0 Å². The number of likely N-dealkylation sites (tertiary alicyclic amines) is 1. The van der Waals surface area contributed by atoms with Gasteiger partial charge >= 0.3 is 6.09 Å². The Morgan fingerprint density at radius 1 is 1.47 bits per heavy atom. The lowest BCUT2D eigenvalue weighted by molar-refractivity contribution is -0.0328. The van der Waals surface area contributed by atoms with Crippen LogP contribution in [-0.4, -0.2) is 39.4 Å². The molecular weight excluding hydrogens is 242 g/mol. The van der Waals surface area contributed by atoms with E-state index in [2.05, 4.69) is 0 Å². The molecule has 0 radical (unpaired) electrons. The van der Waals surface area contributed by atoms with Gasteiger partial charge in [-0.2, -0.15) is 0 Å². The molecule has 1 fully saturated rings. The molecule has 19 heavy (non-hydrogen) atoms. The van der Waals surface area contributed by atoms with Gasteiger partial charge in [-0.05, 0) is 31.2 Å². The van der Waals surface area contributed by atoms with E-state index in [1.807, 2.05) is 37.3 Å². The maximum atomic E-state index is 11.1. The first-order valence-corrected chi connectivity index (χ1v) is 6.71. The number of benzene rings is 1. The second-order valence-electron chi connectivity index (χ2n) is 5.48. The van der Waals surface area contributed by atoms with E-state index < -0.39 is 11.7 Å². The molecule has 1 heterocycles. The number of hydrogen-bond donors (Lipinski definition) is 2. The average molecular weight is 263 g/mol. The molecule has 4 nitrogen and oxygen atoms in total. The van der Waals surface area contributed by atoms with Crippen LogP contribution in [0.5, 0.6) is 0 Å². The Hall–Kier alpha value is -1.55. The van der Waals surface area contributed by atoms with Gasteiger partial charge in [-0.1, -0.05) is 37.3 Å². The lowest BCUT2D eigenvalue weighted by Gasteiger charge is -2.35. The summed E-state index contributed by atoms with van der Waals surface area (Å²) in [6.45, 7) is 4.20. The Morgan fingerprint density at radius 2 is 2.11 bits per heavy atom. The normalized spacial score (nSPS) is 28.4. The van der Waals surface area contributed by atoms with E-state index in [0.29, 0.717) is 13.0 Å². The fourth-order valence-electron chi connectivity index (χ4n) is 3.04. The number of nitrogens with zero attached hydrogens (tertiary/aromatic N) is 1. The van der Waals surface area contributed by atoms with Crippen molar-refractivity contribution in [3.05, 3.63) is 35.9 Å². The van der Waals surface area contributed by atoms with Gasteiger partial charge in [-0.3, -0.25) is 0 Å². The highest BCUT2D eigenvalue weighted by Gasteiger charge is 2.48. The summed E-state index contributed by atoms with van der Waals surface area (Å²) >= 11 is 0. The van der Waals surface area contributed by atoms with Crippen molar-refractivity contribution < 1.29 is 15.0 Å². The molecule has 1 saturated heterocycles. The lowest BCUT2D eigenvalue weighted by Crippen LogP contribution is -2.49. The first-order chi connectivity index (χ1) is 8.95. The molecule has 0 aromatic heterocycles. The molecule has 104 valence electrons. The van der Waals surface area contributed by atoms with Crippen LogP contribution in [0.15, 0.2) is 30.3 Å². The van der Waals surface area contributed by atoms with Gasteiger partial charge in [0.25, 0.3) is 0 Å². The monoisotopic (exact) mass is 263 g/mol. The third kappa shape index (κ3) is 2.59. The summed E-state index contributed by atoms with van der Waals surface area (Å²) in [5.41, 5.74) is 0.234. The zero-order valence-electron chi connectivity index (χ0n) is 11.4. The summed E-state index contributed by atoms with van der Waals surface area (Å²) < 4.78 is 0. The number of amides is 1. The highest BCUT2D eigenvalue weighted by atomic mass is 16.4. The summed E-state index contributed by atoms with van der Waals surface area (Å²) in [5.74, 6) is 0.0225. The number of carboxylic acid groups (broad SMARTS) is 1. The molecule has 1 aromatic carbocycles. The van der Waals surface area contributed by atoms with Crippen molar-refractivity contribution in [2.24, 2.45) is 5.92 Å². The molecule has 2 rings (SSSR count). The molecule has 0 saturated carbocycles. The molecule has 0 bridgehead atoms. The minimum absolute atomic E-state index is 0.0225. The Morgan fingerprint density at radius 3 is 2.63 bits per heavy atom. The highest BCUT2D eigenvalue weighted by Crippen LogP contribution is 2.36. The Kier molecular flexibility index (Phi) is 3.80. The molecule has 2 N–H and O–H groups in total. The fraction of sp³-hybridized carbons (Fsp3) is 0.533. The maximum absolute atomic E-state index is 11.1. The van der Waals surface area contributed by atoms with Crippen LogP contribution in [0.3, 0.4) is 0 Å². The smallest absolute Gasteiger partial charge is 0.407 e. The molecule has 4 heteroatoms. The van der Waals surface area contributed by atoms with Gasteiger partial charge < -0.3 is 15.1 Å². The second kappa shape index (κ2) is 5.21. The van der Waals surface area contributed by atoms with Crippen LogP contribution >= 0.6 is 0 Å². The van der Waals surface area contributed by atoms with Crippen LogP contribution in [-0.2, 0) is 6.42 Å². The van der Waals surface area contributed by atoms with Gasteiger partial charge in [0.2, 0.25) is 0 Å². The molecule has 1 amide bonds. The van der Waals surface area contributed by atoms with E-state index in [1.54, 1.807) is 6.92 Å². The zero-order valence-corrected chi connectivity index (χ0v) is 11.4. The molecule has 0 aliphatic carbocycles. The molecule has 1 unspecified atom stereocenters. The van der Waals surface area contributed by atoms with Crippen LogP contribution in [0.25, 0.3) is 0 Å². The van der Waals surface area contributed by atoms with Crippen LogP contribution in [0.1, 0.15) is 25.8 Å². The van der Waals surface area contributed by atoms with Gasteiger partial charge in [0.05, 0.1) is 11.6 Å². The van der Waals surface area contributed by atoms with Crippen molar-refractivity contribution in [1.82, 2.24) is 4.90 Å². The number of hydrogen-bond acceptors (Lipinski definition) is 2. The Labute approximate surface area is 113 Å². The van der Waals surface area contributed by atoms with Gasteiger partial charge in [0, 0.05) is 6.54 Å². The first kappa shape index (κ1) is 13.9. The lowest BCUT2D eigenvalue weighted by atomic mass is 9.79. The molecule has 1 aliphatic rings. The molecule has 3 atom stereocenters. The average Bonchev–Trinajstić information content (AvgIpc) is 2.69. The van der Waals surface area contributed by atoms with E-state index >= 15 is 0 Å². The first-order valence-electron chi connectivity index (χ1n) is 6.71. The predicted octanol–water partition coefficient (Wildman–Crippen LogP) is 2.37. The van der Waals surface area contributed by atoms with Crippen molar-refractivity contribution in [3.63, 3.8) is 0 Å². The number of rotatable bonds is 3. The van der Waals surface area contributed by atoms with Gasteiger partial charge in [0.1, 0.15) is 0 Å². The predicted molar refractivity (Wildman–Crippen MR) is 73.1 cm³/mol. The van der Waals surface area contributed by atoms with Gasteiger partial charge in [-0.25, -0.2) is 4.79 Å². The van der Waals surface area contributed by atoms with Crippen molar-refractivity contribution in [2.75, 3.05) is 6.54 Å². The van der Waals surface area contributed by atoms with Crippen molar-refractivity contribution in [3.8, 4) is 0 Å². The molecular formula is C15H21NO3. The minimum atomic E-state index is -0.949. The Bertz CT molecular complexity index is 448. The van der Waals surface area contributed by atoms with E-state index in [1.165, 1.54) is 10.5 Å². The quantitative estimate of drug-likeness (QED) is 0.880. The van der Waals surface area contributed by atoms with Crippen LogP contribution in [0.4, 0.5) is 4.79 Å². The highest BCUT2D eigenvalue weighted by molar-refractivity contribution is 5.66. The molecule has 0 spiro atoms. The topological polar surface area (TPSA) is 60.8 Å². The Balaban J connectivity index is 2.10. The summed E-state index contributed by atoms with van der Waals surface area (Å²) in [4.78, 5) is 12.4. The minimum Gasteiger partial charge on any atom is -0.465 e. The van der Waals surface area contributed by atoms with E-state index in [0.717, 1.165) is 6.42 Å². The van der Waals surface area contributed by atoms with E-state index in [-0.39, 0.29) is 12.0 Å². The maximum Gasteiger partial charge on any atom is 0.407 e. The van der Waals surface area contributed by atoms with E-state index in [4.69, 9.17) is 5.11 Å². The third-order valence-electron chi connectivity index (χ3n) is 4.43. The molecule has 1 aliphatic heterocycles. The van der Waals surface area contributed by atoms with E-state index in [9.17, 15) is 9.90 Å². The second-order valence-corrected chi connectivity index (χ2v) is 5.48. The van der Waals surface area contributed by atoms with Crippen molar-refractivity contribution in [2.45, 2.75) is 38.3 Å².